The van der Waals surface area contributed by atoms with Gasteiger partial charge in [-0.05, 0) is 60.7 Å². The zero-order valence-corrected chi connectivity index (χ0v) is 14.8. The van der Waals surface area contributed by atoms with Crippen LogP contribution in [0.2, 0.25) is 5.02 Å². The van der Waals surface area contributed by atoms with Gasteiger partial charge in [0, 0.05) is 11.6 Å². The van der Waals surface area contributed by atoms with E-state index in [1.54, 1.807) is 24.3 Å². The summed E-state index contributed by atoms with van der Waals surface area (Å²) in [5, 5.41) is 3.28. The lowest BCUT2D eigenvalue weighted by molar-refractivity contribution is -0.119. The third-order valence-corrected chi connectivity index (χ3v) is 4.78. The van der Waals surface area contributed by atoms with Crippen LogP contribution >= 0.6 is 11.6 Å². The van der Waals surface area contributed by atoms with Crippen molar-refractivity contribution in [2.24, 2.45) is 5.92 Å². The Morgan fingerprint density at radius 1 is 1.20 bits per heavy atom. The van der Waals surface area contributed by atoms with E-state index < -0.39 is 0 Å². The monoisotopic (exact) mass is 353 g/mol. The Morgan fingerprint density at radius 2 is 2.00 bits per heavy atom. The van der Waals surface area contributed by atoms with Gasteiger partial charge in [0.1, 0.15) is 0 Å². The van der Waals surface area contributed by atoms with Crippen molar-refractivity contribution in [3.05, 3.63) is 70.3 Å². The zero-order valence-electron chi connectivity index (χ0n) is 14.1. The number of amides is 1. The average Bonchev–Trinajstić information content (AvgIpc) is 2.60. The van der Waals surface area contributed by atoms with Crippen molar-refractivity contribution in [2.45, 2.75) is 26.2 Å². The van der Waals surface area contributed by atoms with Crippen LogP contribution in [0.1, 0.15) is 42.1 Å². The molecule has 0 saturated heterocycles. The molecule has 0 radical (unpaired) electrons. The van der Waals surface area contributed by atoms with E-state index in [1.165, 1.54) is 0 Å². The predicted octanol–water partition coefficient (Wildman–Crippen LogP) is 5.36. The Balaban J connectivity index is 1.79. The highest BCUT2D eigenvalue weighted by atomic mass is 35.5. The molecule has 3 rings (SSSR count). The fraction of sp³-hybridized carbons (Fsp3) is 0.238. The van der Waals surface area contributed by atoms with Gasteiger partial charge in [-0.15, -0.1) is 0 Å². The Labute approximate surface area is 152 Å². The molecule has 4 heteroatoms. The summed E-state index contributed by atoms with van der Waals surface area (Å²) in [5.41, 5.74) is 2.89. The second-order valence-electron chi connectivity index (χ2n) is 6.39. The molecule has 0 aromatic heterocycles. The normalized spacial score (nSPS) is 19.0. The highest BCUT2D eigenvalue weighted by Gasteiger charge is 2.22. The third kappa shape index (κ3) is 4.18. The minimum atomic E-state index is -0.252. The first-order chi connectivity index (χ1) is 12.0. The van der Waals surface area contributed by atoms with Crippen molar-refractivity contribution in [1.82, 2.24) is 0 Å². The van der Waals surface area contributed by atoms with Crippen LogP contribution in [0.5, 0.6) is 0 Å². The summed E-state index contributed by atoms with van der Waals surface area (Å²) >= 11 is 6.07. The van der Waals surface area contributed by atoms with Crippen molar-refractivity contribution >= 4 is 35.1 Å². The molecule has 1 N–H and O–H groups in total. The molecule has 1 aliphatic carbocycles. The van der Waals surface area contributed by atoms with Gasteiger partial charge in [0.25, 0.3) is 5.91 Å². The smallest absolute Gasteiger partial charge is 0.257 e. The number of hydrogen-bond donors (Lipinski definition) is 1. The highest BCUT2D eigenvalue weighted by molar-refractivity contribution is 6.34. The highest BCUT2D eigenvalue weighted by Crippen LogP contribution is 2.27. The first-order valence-corrected chi connectivity index (χ1v) is 8.83. The lowest BCUT2D eigenvalue weighted by Gasteiger charge is -2.19. The van der Waals surface area contributed by atoms with E-state index in [-0.39, 0.29) is 17.6 Å². The summed E-state index contributed by atoms with van der Waals surface area (Å²) < 4.78 is 0. The molecule has 128 valence electrons. The number of Topliss-reactive ketones (excluding diaryl/α,β-unsaturated/α-hetero) is 1. The Bertz CT molecular complexity index is 841. The molecule has 0 bridgehead atoms. The Kier molecular flexibility index (Phi) is 5.34. The number of carbonyl (C=O) groups excluding carboxylic acids is 2. The van der Waals surface area contributed by atoms with Crippen LogP contribution in [0.3, 0.4) is 0 Å². The second-order valence-corrected chi connectivity index (χ2v) is 6.79. The molecular formula is C21H20ClNO2. The molecule has 2 aromatic rings. The minimum Gasteiger partial charge on any atom is -0.322 e. The van der Waals surface area contributed by atoms with E-state index in [0.29, 0.717) is 16.3 Å². The van der Waals surface area contributed by atoms with Crippen LogP contribution in [0, 0.1) is 5.92 Å². The van der Waals surface area contributed by atoms with E-state index in [2.05, 4.69) is 5.32 Å². The SMILES string of the molecule is C[C@H]1CCC/C(=C\c2cccc(NC(=O)c3ccccc3Cl)c2)C1=O. The van der Waals surface area contributed by atoms with Gasteiger partial charge in [0.2, 0.25) is 0 Å². The van der Waals surface area contributed by atoms with E-state index in [4.69, 9.17) is 11.6 Å². The lowest BCUT2D eigenvalue weighted by atomic mass is 9.84. The number of nitrogens with one attached hydrogen (secondary N) is 1. The van der Waals surface area contributed by atoms with Gasteiger partial charge in [-0.1, -0.05) is 42.8 Å². The maximum atomic E-state index is 12.4. The Hall–Kier alpha value is -2.39. The van der Waals surface area contributed by atoms with Crippen molar-refractivity contribution in [3.63, 3.8) is 0 Å². The van der Waals surface area contributed by atoms with Crippen LogP contribution in [0.15, 0.2) is 54.1 Å². The number of allylic oxidation sites excluding steroid dienone is 1. The van der Waals surface area contributed by atoms with Crippen molar-refractivity contribution in [1.29, 1.82) is 0 Å². The molecular weight excluding hydrogens is 334 g/mol. The summed E-state index contributed by atoms with van der Waals surface area (Å²) in [4.78, 5) is 24.6. The van der Waals surface area contributed by atoms with E-state index in [9.17, 15) is 9.59 Å². The molecule has 0 spiro atoms. The molecule has 1 atom stereocenters. The topological polar surface area (TPSA) is 46.2 Å². The van der Waals surface area contributed by atoms with Crippen molar-refractivity contribution in [3.8, 4) is 0 Å². The molecule has 2 aromatic carbocycles. The van der Waals surface area contributed by atoms with Gasteiger partial charge in [-0.3, -0.25) is 9.59 Å². The first-order valence-electron chi connectivity index (χ1n) is 8.45. The average molecular weight is 354 g/mol. The van der Waals surface area contributed by atoms with Gasteiger partial charge in [0.15, 0.2) is 5.78 Å². The van der Waals surface area contributed by atoms with E-state index >= 15 is 0 Å². The standard InChI is InChI=1S/C21H20ClNO2/c1-14-6-4-8-16(20(14)24)12-15-7-5-9-17(13-15)23-21(25)18-10-2-3-11-19(18)22/h2-3,5,7,9-14H,4,6,8H2,1H3,(H,23,25)/b16-12+/t14-/m0/s1. The maximum absolute atomic E-state index is 12.4. The summed E-state index contributed by atoms with van der Waals surface area (Å²) in [7, 11) is 0. The number of benzene rings is 2. The maximum Gasteiger partial charge on any atom is 0.257 e. The molecule has 1 saturated carbocycles. The first kappa shape index (κ1) is 17.4. The molecule has 0 unspecified atom stereocenters. The van der Waals surface area contributed by atoms with Crippen molar-refractivity contribution in [2.75, 3.05) is 5.32 Å². The van der Waals surface area contributed by atoms with Gasteiger partial charge in [-0.25, -0.2) is 0 Å². The number of anilines is 1. The summed E-state index contributed by atoms with van der Waals surface area (Å²) in [6.45, 7) is 1.98. The van der Waals surface area contributed by atoms with Gasteiger partial charge in [-0.2, -0.15) is 0 Å². The lowest BCUT2D eigenvalue weighted by Crippen LogP contribution is -2.18. The molecule has 3 nitrogen and oxygen atoms in total. The number of carbonyl (C=O) groups is 2. The van der Waals surface area contributed by atoms with Crippen LogP contribution in [-0.4, -0.2) is 11.7 Å². The summed E-state index contributed by atoms with van der Waals surface area (Å²) in [6, 6.07) is 14.4. The zero-order chi connectivity index (χ0) is 17.8. The van der Waals surface area contributed by atoms with Crippen LogP contribution in [0.4, 0.5) is 5.69 Å². The van der Waals surface area contributed by atoms with E-state index in [0.717, 1.165) is 30.4 Å². The van der Waals surface area contributed by atoms with Crippen LogP contribution in [-0.2, 0) is 4.79 Å². The minimum absolute atomic E-state index is 0.100. The van der Waals surface area contributed by atoms with E-state index in [1.807, 2.05) is 37.3 Å². The van der Waals surface area contributed by atoms with Crippen molar-refractivity contribution < 1.29 is 9.59 Å². The number of halogens is 1. The van der Waals surface area contributed by atoms with Crippen LogP contribution in [0.25, 0.3) is 6.08 Å². The molecule has 1 fully saturated rings. The summed E-state index contributed by atoms with van der Waals surface area (Å²) in [6.07, 6.45) is 4.76. The Morgan fingerprint density at radius 3 is 2.80 bits per heavy atom. The fourth-order valence-corrected chi connectivity index (χ4v) is 3.29. The van der Waals surface area contributed by atoms with Gasteiger partial charge >= 0.3 is 0 Å². The van der Waals surface area contributed by atoms with Gasteiger partial charge in [0.05, 0.1) is 10.6 Å². The second kappa shape index (κ2) is 7.66. The fourth-order valence-electron chi connectivity index (χ4n) is 3.06. The van der Waals surface area contributed by atoms with Crippen LogP contribution < -0.4 is 5.32 Å². The largest absolute Gasteiger partial charge is 0.322 e. The third-order valence-electron chi connectivity index (χ3n) is 4.45. The molecule has 0 heterocycles. The number of ketones is 1. The summed E-state index contributed by atoms with van der Waals surface area (Å²) in [5.74, 6) is 0.0811. The molecule has 1 amide bonds. The molecule has 25 heavy (non-hydrogen) atoms. The predicted molar refractivity (Wildman–Crippen MR) is 102 cm³/mol. The number of hydrogen-bond acceptors (Lipinski definition) is 2. The number of rotatable bonds is 3. The molecule has 1 aliphatic rings. The quantitative estimate of drug-likeness (QED) is 0.754. The molecule has 0 aliphatic heterocycles. The van der Waals surface area contributed by atoms with Gasteiger partial charge < -0.3 is 5.32 Å².